The third kappa shape index (κ3) is 3.87. The SMILES string of the molecule is CCNCc1cc(C)nc(C(C)OCC)n1. The van der Waals surface area contributed by atoms with Gasteiger partial charge in [0.2, 0.25) is 0 Å². The first-order valence-corrected chi connectivity index (χ1v) is 5.84. The molecular formula is C12H21N3O. The maximum atomic E-state index is 5.50. The largest absolute Gasteiger partial charge is 0.371 e. The predicted molar refractivity (Wildman–Crippen MR) is 64.2 cm³/mol. The second-order valence-electron chi connectivity index (χ2n) is 3.74. The molecule has 1 unspecified atom stereocenters. The summed E-state index contributed by atoms with van der Waals surface area (Å²) in [4.78, 5) is 8.89. The van der Waals surface area contributed by atoms with Gasteiger partial charge in [-0.15, -0.1) is 0 Å². The highest BCUT2D eigenvalue weighted by atomic mass is 16.5. The van der Waals surface area contributed by atoms with Crippen molar-refractivity contribution < 1.29 is 4.74 Å². The molecule has 1 rings (SSSR count). The highest BCUT2D eigenvalue weighted by Crippen LogP contribution is 2.13. The smallest absolute Gasteiger partial charge is 0.157 e. The summed E-state index contributed by atoms with van der Waals surface area (Å²) in [6, 6.07) is 2.00. The third-order valence-electron chi connectivity index (χ3n) is 2.26. The maximum Gasteiger partial charge on any atom is 0.157 e. The van der Waals surface area contributed by atoms with Gasteiger partial charge in [-0.3, -0.25) is 0 Å². The van der Waals surface area contributed by atoms with Crippen LogP contribution in [0.25, 0.3) is 0 Å². The first-order valence-electron chi connectivity index (χ1n) is 5.84. The summed E-state index contributed by atoms with van der Waals surface area (Å²) in [5.41, 5.74) is 2.01. The molecule has 4 nitrogen and oxygen atoms in total. The zero-order valence-corrected chi connectivity index (χ0v) is 10.6. The van der Waals surface area contributed by atoms with Crippen molar-refractivity contribution in [3.63, 3.8) is 0 Å². The lowest BCUT2D eigenvalue weighted by Gasteiger charge is -2.12. The van der Waals surface area contributed by atoms with Gasteiger partial charge in [0.25, 0.3) is 0 Å². The molecule has 0 aliphatic carbocycles. The number of aromatic nitrogens is 2. The predicted octanol–water partition coefficient (Wildman–Crippen LogP) is 1.99. The second kappa shape index (κ2) is 6.55. The van der Waals surface area contributed by atoms with Crippen LogP contribution < -0.4 is 5.32 Å². The molecule has 16 heavy (non-hydrogen) atoms. The van der Waals surface area contributed by atoms with Crippen molar-refractivity contribution in [3.05, 3.63) is 23.3 Å². The van der Waals surface area contributed by atoms with Crippen LogP contribution in [0.1, 0.15) is 44.1 Å². The van der Waals surface area contributed by atoms with E-state index >= 15 is 0 Å². The minimum atomic E-state index is -0.0368. The fraction of sp³-hybridized carbons (Fsp3) is 0.667. The van der Waals surface area contributed by atoms with E-state index in [4.69, 9.17) is 4.74 Å². The molecule has 1 aromatic rings. The lowest BCUT2D eigenvalue weighted by Crippen LogP contribution is -2.15. The quantitative estimate of drug-likeness (QED) is 0.801. The lowest BCUT2D eigenvalue weighted by molar-refractivity contribution is 0.0697. The Balaban J connectivity index is 2.80. The molecule has 0 fully saturated rings. The fourth-order valence-corrected chi connectivity index (χ4v) is 1.51. The number of hydrogen-bond acceptors (Lipinski definition) is 4. The fourth-order valence-electron chi connectivity index (χ4n) is 1.51. The van der Waals surface area contributed by atoms with Crippen LogP contribution in [-0.2, 0) is 11.3 Å². The van der Waals surface area contributed by atoms with Crippen LogP contribution >= 0.6 is 0 Å². The van der Waals surface area contributed by atoms with E-state index in [0.29, 0.717) is 6.61 Å². The topological polar surface area (TPSA) is 47.0 Å². The summed E-state index contributed by atoms with van der Waals surface area (Å²) < 4.78 is 5.50. The maximum absolute atomic E-state index is 5.50. The molecule has 4 heteroatoms. The van der Waals surface area contributed by atoms with Crippen molar-refractivity contribution >= 4 is 0 Å². The Morgan fingerprint density at radius 3 is 2.75 bits per heavy atom. The number of nitrogens with zero attached hydrogens (tertiary/aromatic N) is 2. The van der Waals surface area contributed by atoms with Gasteiger partial charge in [-0.05, 0) is 33.4 Å². The van der Waals surface area contributed by atoms with Gasteiger partial charge in [-0.25, -0.2) is 9.97 Å². The summed E-state index contributed by atoms with van der Waals surface area (Å²) in [5, 5.41) is 3.26. The number of hydrogen-bond donors (Lipinski definition) is 1. The van der Waals surface area contributed by atoms with Crippen molar-refractivity contribution in [2.75, 3.05) is 13.2 Å². The van der Waals surface area contributed by atoms with E-state index < -0.39 is 0 Å². The molecule has 90 valence electrons. The molecule has 0 amide bonds. The number of nitrogens with one attached hydrogen (secondary N) is 1. The van der Waals surface area contributed by atoms with Crippen molar-refractivity contribution in [2.24, 2.45) is 0 Å². The van der Waals surface area contributed by atoms with Crippen LogP contribution in [-0.4, -0.2) is 23.1 Å². The molecule has 1 heterocycles. The van der Waals surface area contributed by atoms with E-state index in [9.17, 15) is 0 Å². The first-order chi connectivity index (χ1) is 7.67. The highest BCUT2D eigenvalue weighted by molar-refractivity contribution is 5.11. The van der Waals surface area contributed by atoms with Gasteiger partial charge in [0.05, 0.1) is 5.69 Å². The minimum Gasteiger partial charge on any atom is -0.371 e. The van der Waals surface area contributed by atoms with Crippen LogP contribution in [0, 0.1) is 6.92 Å². The minimum absolute atomic E-state index is 0.0368. The van der Waals surface area contributed by atoms with Gasteiger partial charge in [0.1, 0.15) is 6.10 Å². The average molecular weight is 223 g/mol. The van der Waals surface area contributed by atoms with Gasteiger partial charge in [0.15, 0.2) is 5.82 Å². The highest BCUT2D eigenvalue weighted by Gasteiger charge is 2.10. The Bertz CT molecular complexity index is 328. The average Bonchev–Trinajstić information content (AvgIpc) is 2.26. The van der Waals surface area contributed by atoms with Crippen molar-refractivity contribution in [1.82, 2.24) is 15.3 Å². The summed E-state index contributed by atoms with van der Waals surface area (Å²) in [5.74, 6) is 0.773. The normalized spacial score (nSPS) is 12.8. The van der Waals surface area contributed by atoms with Crippen LogP contribution in [0.5, 0.6) is 0 Å². The number of rotatable bonds is 6. The van der Waals surface area contributed by atoms with Gasteiger partial charge >= 0.3 is 0 Å². The standard InChI is InChI=1S/C12H21N3O/c1-5-13-8-11-7-9(3)14-12(15-11)10(4)16-6-2/h7,10,13H,5-6,8H2,1-4H3. The Labute approximate surface area is 97.5 Å². The van der Waals surface area contributed by atoms with Gasteiger partial charge in [-0.1, -0.05) is 6.92 Å². The summed E-state index contributed by atoms with van der Waals surface area (Å²) in [7, 11) is 0. The van der Waals surface area contributed by atoms with Crippen molar-refractivity contribution in [2.45, 2.75) is 40.3 Å². The van der Waals surface area contributed by atoms with Crippen LogP contribution in [0.4, 0.5) is 0 Å². The second-order valence-corrected chi connectivity index (χ2v) is 3.74. The Morgan fingerprint density at radius 1 is 1.38 bits per heavy atom. The molecule has 0 spiro atoms. The van der Waals surface area contributed by atoms with Crippen molar-refractivity contribution in [1.29, 1.82) is 0 Å². The zero-order valence-electron chi connectivity index (χ0n) is 10.6. The summed E-state index contributed by atoms with van der Waals surface area (Å²) in [6.45, 7) is 10.4. The van der Waals surface area contributed by atoms with Crippen LogP contribution in [0.2, 0.25) is 0 Å². The van der Waals surface area contributed by atoms with Crippen LogP contribution in [0.15, 0.2) is 6.07 Å². The zero-order chi connectivity index (χ0) is 12.0. The summed E-state index contributed by atoms with van der Waals surface area (Å²) in [6.07, 6.45) is -0.0368. The van der Waals surface area contributed by atoms with E-state index in [0.717, 1.165) is 30.3 Å². The molecule has 0 aromatic carbocycles. The molecule has 1 N–H and O–H groups in total. The molecule has 0 saturated heterocycles. The molecule has 0 saturated carbocycles. The molecular weight excluding hydrogens is 202 g/mol. The molecule has 0 aliphatic heterocycles. The molecule has 0 aliphatic rings. The summed E-state index contributed by atoms with van der Waals surface area (Å²) >= 11 is 0. The number of aryl methyl sites for hydroxylation is 1. The van der Waals surface area contributed by atoms with Crippen molar-refractivity contribution in [3.8, 4) is 0 Å². The first kappa shape index (κ1) is 13.1. The molecule has 1 aromatic heterocycles. The monoisotopic (exact) mass is 223 g/mol. The van der Waals surface area contributed by atoms with E-state index in [1.165, 1.54) is 0 Å². The van der Waals surface area contributed by atoms with E-state index in [1.807, 2.05) is 26.8 Å². The molecule has 0 bridgehead atoms. The Kier molecular flexibility index (Phi) is 5.35. The van der Waals surface area contributed by atoms with Gasteiger partial charge < -0.3 is 10.1 Å². The molecule has 0 radical (unpaired) electrons. The Hall–Kier alpha value is -1.00. The van der Waals surface area contributed by atoms with E-state index in [1.54, 1.807) is 0 Å². The van der Waals surface area contributed by atoms with Gasteiger partial charge in [0, 0.05) is 18.8 Å². The number of ether oxygens (including phenoxy) is 1. The van der Waals surface area contributed by atoms with E-state index in [-0.39, 0.29) is 6.10 Å². The van der Waals surface area contributed by atoms with Crippen LogP contribution in [0.3, 0.4) is 0 Å². The molecule has 1 atom stereocenters. The van der Waals surface area contributed by atoms with E-state index in [2.05, 4.69) is 22.2 Å². The lowest BCUT2D eigenvalue weighted by atomic mass is 10.3. The van der Waals surface area contributed by atoms with Gasteiger partial charge in [-0.2, -0.15) is 0 Å². The Morgan fingerprint density at radius 2 is 2.12 bits per heavy atom. The third-order valence-corrected chi connectivity index (χ3v) is 2.26.